The molecule has 0 aliphatic rings. The van der Waals surface area contributed by atoms with Crippen LogP contribution in [0.3, 0.4) is 0 Å². The number of aliphatic hydroxyl groups excluding tert-OH is 1. The first kappa shape index (κ1) is 28.6. The molecule has 7 nitrogen and oxygen atoms in total. The molecule has 1 N–H and O–H groups in total. The molecule has 0 aliphatic heterocycles. The molecule has 36 heavy (non-hydrogen) atoms. The lowest BCUT2D eigenvalue weighted by Gasteiger charge is -2.09. The zero-order valence-corrected chi connectivity index (χ0v) is 21.4. The van der Waals surface area contributed by atoms with E-state index < -0.39 is 29.1 Å². The molecule has 0 bridgehead atoms. The highest BCUT2D eigenvalue weighted by molar-refractivity contribution is 6.17. The highest BCUT2D eigenvalue weighted by Gasteiger charge is 2.20. The van der Waals surface area contributed by atoms with Crippen molar-refractivity contribution in [3.05, 3.63) is 65.4 Å². The van der Waals surface area contributed by atoms with Gasteiger partial charge in [0.15, 0.2) is 5.78 Å². The van der Waals surface area contributed by atoms with Crippen LogP contribution >= 0.6 is 0 Å². The Morgan fingerprint density at radius 3 is 1.72 bits per heavy atom. The van der Waals surface area contributed by atoms with E-state index in [0.29, 0.717) is 17.9 Å². The number of carbonyl (C=O) groups excluding carboxylic acids is 3. The second kappa shape index (κ2) is 15.4. The number of rotatable bonds is 15. The van der Waals surface area contributed by atoms with E-state index in [1.807, 2.05) is 0 Å². The van der Waals surface area contributed by atoms with Crippen LogP contribution in [0.1, 0.15) is 82.5 Å². The van der Waals surface area contributed by atoms with Crippen molar-refractivity contribution in [3.63, 3.8) is 0 Å². The first-order valence-electron chi connectivity index (χ1n) is 12.5. The van der Waals surface area contributed by atoms with E-state index >= 15 is 0 Å². The molecule has 2 rings (SSSR count). The zero-order chi connectivity index (χ0) is 26.3. The van der Waals surface area contributed by atoms with Crippen molar-refractivity contribution >= 4 is 17.7 Å². The summed E-state index contributed by atoms with van der Waals surface area (Å²) in [5.74, 6) is -1.41. The molecule has 0 unspecified atom stereocenters. The first-order valence-corrected chi connectivity index (χ1v) is 12.5. The van der Waals surface area contributed by atoms with Gasteiger partial charge in [-0.05, 0) is 68.8 Å². The number of ketones is 1. The number of unbranched alkanes of at least 4 members (excludes halogenated alkanes) is 7. The number of hydrogen-bond donors (Lipinski definition) is 1. The average Bonchev–Trinajstić information content (AvgIpc) is 2.84. The molecule has 0 aliphatic carbocycles. The summed E-state index contributed by atoms with van der Waals surface area (Å²) in [4.78, 5) is 36.0. The van der Waals surface area contributed by atoms with Crippen molar-refractivity contribution in [1.82, 2.24) is 0 Å². The van der Waals surface area contributed by atoms with E-state index in [-0.39, 0.29) is 11.5 Å². The summed E-state index contributed by atoms with van der Waals surface area (Å²) in [6.45, 7) is 5.27. The zero-order valence-electron chi connectivity index (χ0n) is 21.4. The molecular weight excluding hydrogens is 460 g/mol. The number of ether oxygens (including phenoxy) is 3. The summed E-state index contributed by atoms with van der Waals surface area (Å²) >= 11 is 0. The maximum absolute atomic E-state index is 12.4. The largest absolute Gasteiger partial charge is 0.512 e. The highest BCUT2D eigenvalue weighted by Crippen LogP contribution is 2.21. The Hall–Kier alpha value is -3.61. The van der Waals surface area contributed by atoms with Crippen molar-refractivity contribution in [1.29, 1.82) is 0 Å². The van der Waals surface area contributed by atoms with Crippen LogP contribution in [-0.4, -0.2) is 29.4 Å². The Morgan fingerprint density at radius 1 is 0.694 bits per heavy atom. The molecular formula is C29H36O7. The van der Waals surface area contributed by atoms with Crippen molar-refractivity contribution < 1.29 is 33.7 Å². The predicted molar refractivity (Wildman–Crippen MR) is 138 cm³/mol. The fraction of sp³-hybridized carbons (Fsp3) is 0.414. The van der Waals surface area contributed by atoms with Gasteiger partial charge in [-0.2, -0.15) is 0 Å². The fourth-order valence-electron chi connectivity index (χ4n) is 3.56. The van der Waals surface area contributed by atoms with Crippen molar-refractivity contribution in [2.45, 2.75) is 72.1 Å². The SMILES string of the molecule is CCCCCCCCCCOc1ccc(C(=O)Oc2ccc(OC(=O)/C(C(C)=O)=C(/C)O)cc2)cc1. The molecule has 2 aromatic rings. The standard InChI is InChI=1S/C29H36O7/c1-4-5-6-7-8-9-10-11-20-34-24-14-12-23(13-15-24)28(32)35-25-16-18-26(19-17-25)36-29(33)27(21(2)30)22(3)31/h12-19,30H,4-11,20H2,1-3H3/b27-21-. The van der Waals surface area contributed by atoms with Crippen molar-refractivity contribution in [2.75, 3.05) is 6.61 Å². The molecule has 0 aromatic heterocycles. The fourth-order valence-corrected chi connectivity index (χ4v) is 3.56. The number of allylic oxidation sites excluding steroid dienone is 1. The monoisotopic (exact) mass is 496 g/mol. The van der Waals surface area contributed by atoms with Crippen LogP contribution in [0, 0.1) is 0 Å². The molecule has 0 saturated heterocycles. The Morgan fingerprint density at radius 2 is 1.19 bits per heavy atom. The number of esters is 2. The topological polar surface area (TPSA) is 99.1 Å². The van der Waals surface area contributed by atoms with Gasteiger partial charge in [-0.3, -0.25) is 4.79 Å². The minimum absolute atomic E-state index is 0.137. The predicted octanol–water partition coefficient (Wildman–Crippen LogP) is 6.75. The number of benzene rings is 2. The Balaban J connectivity index is 1.77. The van der Waals surface area contributed by atoms with Gasteiger partial charge in [-0.15, -0.1) is 0 Å². The van der Waals surface area contributed by atoms with Gasteiger partial charge < -0.3 is 19.3 Å². The van der Waals surface area contributed by atoms with Gasteiger partial charge in [-0.1, -0.05) is 51.9 Å². The summed E-state index contributed by atoms with van der Waals surface area (Å²) in [6, 6.07) is 12.6. The van der Waals surface area contributed by atoms with Crippen LogP contribution < -0.4 is 14.2 Å². The smallest absolute Gasteiger partial charge is 0.350 e. The van der Waals surface area contributed by atoms with Crippen LogP contribution in [0.5, 0.6) is 17.2 Å². The number of carbonyl (C=O) groups is 3. The summed E-state index contributed by atoms with van der Waals surface area (Å²) in [5.41, 5.74) is -0.0460. The number of aliphatic hydroxyl groups is 1. The molecule has 2 aromatic carbocycles. The Labute approximate surface area is 213 Å². The Bertz CT molecular complexity index is 1020. The van der Waals surface area contributed by atoms with Crippen LogP contribution in [0.15, 0.2) is 59.9 Å². The Kier molecular flexibility index (Phi) is 12.2. The van der Waals surface area contributed by atoms with Crippen LogP contribution in [0.4, 0.5) is 0 Å². The first-order chi connectivity index (χ1) is 17.3. The van der Waals surface area contributed by atoms with Gasteiger partial charge in [0.25, 0.3) is 0 Å². The lowest BCUT2D eigenvalue weighted by atomic mass is 10.1. The van der Waals surface area contributed by atoms with Crippen molar-refractivity contribution in [2.24, 2.45) is 0 Å². The quantitative estimate of drug-likeness (QED) is 0.0553. The summed E-state index contributed by atoms with van der Waals surface area (Å²) < 4.78 is 16.2. The third-order valence-electron chi connectivity index (χ3n) is 5.52. The molecule has 0 fully saturated rings. The van der Waals surface area contributed by atoms with E-state index in [1.54, 1.807) is 24.3 Å². The number of Topliss-reactive ketones (excluding diaryl/α,β-unsaturated/α-hetero) is 1. The third-order valence-corrected chi connectivity index (χ3v) is 5.52. The second-order valence-corrected chi connectivity index (χ2v) is 8.61. The molecule has 0 heterocycles. The maximum atomic E-state index is 12.4. The average molecular weight is 497 g/mol. The summed E-state index contributed by atoms with van der Waals surface area (Å²) in [6.07, 6.45) is 9.92. The molecule has 7 heteroatoms. The molecule has 0 spiro atoms. The lowest BCUT2D eigenvalue weighted by molar-refractivity contribution is -0.132. The third kappa shape index (κ3) is 9.94. The lowest BCUT2D eigenvalue weighted by Crippen LogP contribution is -2.18. The van der Waals surface area contributed by atoms with Gasteiger partial charge in [-0.25, -0.2) is 9.59 Å². The minimum Gasteiger partial charge on any atom is -0.512 e. The molecule has 0 saturated carbocycles. The molecule has 0 radical (unpaired) electrons. The number of hydrogen-bond acceptors (Lipinski definition) is 7. The molecule has 0 atom stereocenters. The minimum atomic E-state index is -0.961. The molecule has 194 valence electrons. The van der Waals surface area contributed by atoms with Gasteiger partial charge in [0.1, 0.15) is 28.6 Å². The van der Waals surface area contributed by atoms with Crippen molar-refractivity contribution in [3.8, 4) is 17.2 Å². The van der Waals surface area contributed by atoms with Crippen LogP contribution in [-0.2, 0) is 9.59 Å². The van der Waals surface area contributed by atoms with E-state index in [2.05, 4.69) is 6.92 Å². The van der Waals surface area contributed by atoms with Gasteiger partial charge in [0.2, 0.25) is 0 Å². The van der Waals surface area contributed by atoms with Gasteiger partial charge in [0, 0.05) is 0 Å². The highest BCUT2D eigenvalue weighted by atomic mass is 16.5. The van der Waals surface area contributed by atoms with E-state index in [0.717, 1.165) is 19.8 Å². The summed E-state index contributed by atoms with van der Waals surface area (Å²) in [7, 11) is 0. The molecule has 0 amide bonds. The maximum Gasteiger partial charge on any atom is 0.350 e. The normalized spacial score (nSPS) is 11.4. The van der Waals surface area contributed by atoms with Crippen LogP contribution in [0.25, 0.3) is 0 Å². The second-order valence-electron chi connectivity index (χ2n) is 8.61. The van der Waals surface area contributed by atoms with E-state index in [1.165, 1.54) is 69.7 Å². The van der Waals surface area contributed by atoms with E-state index in [9.17, 15) is 19.5 Å². The van der Waals surface area contributed by atoms with Gasteiger partial charge in [0.05, 0.1) is 12.2 Å². The van der Waals surface area contributed by atoms with E-state index in [4.69, 9.17) is 14.2 Å². The summed E-state index contributed by atoms with van der Waals surface area (Å²) in [5, 5.41) is 9.50. The van der Waals surface area contributed by atoms with Gasteiger partial charge >= 0.3 is 11.9 Å². The van der Waals surface area contributed by atoms with Crippen LogP contribution in [0.2, 0.25) is 0 Å².